The van der Waals surface area contributed by atoms with Crippen LogP contribution < -0.4 is 15.4 Å². The minimum Gasteiger partial charge on any atom is -0.473 e. The number of carbonyl (C=O) groups is 1. The zero-order chi connectivity index (χ0) is 15.1. The van der Waals surface area contributed by atoms with Crippen molar-refractivity contribution in [3.8, 4) is 5.75 Å². The summed E-state index contributed by atoms with van der Waals surface area (Å²) < 4.78 is 5.48. The standard InChI is InChI=1S/C14H22ClN3O2/c1-10-7-12(8-11(2)13(10)15)20-9-17-14(19)16-5-6-18(3)4/h7-8H,5-6,9H2,1-4H3,(H2,16,17,19). The number of rotatable bonds is 6. The summed E-state index contributed by atoms with van der Waals surface area (Å²) in [6, 6.07) is 3.45. The third-order valence-electron chi connectivity index (χ3n) is 2.73. The number of carbonyl (C=O) groups excluding carboxylic acids is 1. The van der Waals surface area contributed by atoms with Crippen LogP contribution in [0.2, 0.25) is 5.02 Å². The maximum absolute atomic E-state index is 11.5. The average Bonchev–Trinajstić information content (AvgIpc) is 2.35. The minimum atomic E-state index is -0.241. The van der Waals surface area contributed by atoms with Gasteiger partial charge in [-0.25, -0.2) is 4.79 Å². The Kier molecular flexibility index (Phi) is 6.61. The van der Waals surface area contributed by atoms with Gasteiger partial charge in [0.1, 0.15) is 5.75 Å². The summed E-state index contributed by atoms with van der Waals surface area (Å²) in [7, 11) is 3.90. The summed E-state index contributed by atoms with van der Waals surface area (Å²) in [5.41, 5.74) is 1.91. The van der Waals surface area contributed by atoms with Gasteiger partial charge >= 0.3 is 6.03 Å². The second-order valence-corrected chi connectivity index (χ2v) is 5.27. The van der Waals surface area contributed by atoms with Gasteiger partial charge in [-0.1, -0.05) is 11.6 Å². The van der Waals surface area contributed by atoms with Crippen LogP contribution in [0.4, 0.5) is 4.79 Å². The maximum Gasteiger partial charge on any atom is 0.317 e. The highest BCUT2D eigenvalue weighted by molar-refractivity contribution is 6.32. The molecule has 0 unspecified atom stereocenters. The molecule has 2 N–H and O–H groups in total. The molecule has 0 heterocycles. The zero-order valence-electron chi connectivity index (χ0n) is 12.4. The molecule has 1 rings (SSSR count). The number of hydrogen-bond acceptors (Lipinski definition) is 3. The van der Waals surface area contributed by atoms with E-state index in [1.54, 1.807) is 0 Å². The molecular formula is C14H22ClN3O2. The third kappa shape index (κ3) is 5.67. The molecule has 6 heteroatoms. The number of benzene rings is 1. The van der Waals surface area contributed by atoms with Gasteiger partial charge in [0.2, 0.25) is 0 Å². The number of halogens is 1. The average molecular weight is 300 g/mol. The van der Waals surface area contributed by atoms with E-state index in [0.29, 0.717) is 12.3 Å². The van der Waals surface area contributed by atoms with Crippen LogP contribution in [0.25, 0.3) is 0 Å². The summed E-state index contributed by atoms with van der Waals surface area (Å²) >= 11 is 6.08. The molecule has 1 aromatic carbocycles. The van der Waals surface area contributed by atoms with Gasteiger partial charge in [0, 0.05) is 18.1 Å². The van der Waals surface area contributed by atoms with Crippen LogP contribution in [0.15, 0.2) is 12.1 Å². The summed E-state index contributed by atoms with van der Waals surface area (Å²) in [6.45, 7) is 5.35. The summed E-state index contributed by atoms with van der Waals surface area (Å²) in [4.78, 5) is 13.5. The van der Waals surface area contributed by atoms with E-state index in [2.05, 4.69) is 10.6 Å². The molecule has 2 amide bonds. The van der Waals surface area contributed by atoms with Gasteiger partial charge in [0.25, 0.3) is 0 Å². The Bertz CT molecular complexity index is 441. The second kappa shape index (κ2) is 7.97. The van der Waals surface area contributed by atoms with Crippen molar-refractivity contribution < 1.29 is 9.53 Å². The Morgan fingerprint density at radius 3 is 2.40 bits per heavy atom. The molecule has 0 saturated heterocycles. The largest absolute Gasteiger partial charge is 0.473 e. The van der Waals surface area contributed by atoms with E-state index in [9.17, 15) is 4.79 Å². The number of nitrogens with zero attached hydrogens (tertiary/aromatic N) is 1. The molecule has 5 nitrogen and oxygen atoms in total. The summed E-state index contributed by atoms with van der Waals surface area (Å²) in [5, 5.41) is 6.12. The Hall–Kier alpha value is -1.46. The van der Waals surface area contributed by atoms with E-state index >= 15 is 0 Å². The first-order chi connectivity index (χ1) is 9.40. The van der Waals surface area contributed by atoms with Gasteiger partial charge in [-0.05, 0) is 51.2 Å². The molecule has 0 aromatic heterocycles. The molecule has 0 radical (unpaired) electrons. The van der Waals surface area contributed by atoms with Gasteiger partial charge in [0.05, 0.1) is 0 Å². The SMILES string of the molecule is Cc1cc(OCNC(=O)NCCN(C)C)cc(C)c1Cl. The molecule has 0 spiro atoms. The minimum absolute atomic E-state index is 0.119. The Morgan fingerprint density at radius 2 is 1.85 bits per heavy atom. The first-order valence-electron chi connectivity index (χ1n) is 6.46. The number of ether oxygens (including phenoxy) is 1. The van der Waals surface area contributed by atoms with Gasteiger partial charge < -0.3 is 20.3 Å². The lowest BCUT2D eigenvalue weighted by atomic mass is 10.1. The van der Waals surface area contributed by atoms with Crippen molar-refractivity contribution in [3.63, 3.8) is 0 Å². The Labute approximate surface area is 125 Å². The fourth-order valence-electron chi connectivity index (χ4n) is 1.63. The summed E-state index contributed by atoms with van der Waals surface area (Å²) in [6.07, 6.45) is 0. The van der Waals surface area contributed by atoms with Crippen LogP contribution >= 0.6 is 11.6 Å². The maximum atomic E-state index is 11.5. The molecule has 112 valence electrons. The lowest BCUT2D eigenvalue weighted by Gasteiger charge is -2.13. The topological polar surface area (TPSA) is 53.6 Å². The van der Waals surface area contributed by atoms with E-state index in [0.717, 1.165) is 22.7 Å². The molecule has 0 aliphatic carbocycles. The fraction of sp³-hybridized carbons (Fsp3) is 0.500. The quantitative estimate of drug-likeness (QED) is 0.792. The van der Waals surface area contributed by atoms with Crippen molar-refractivity contribution in [2.45, 2.75) is 13.8 Å². The van der Waals surface area contributed by atoms with Gasteiger partial charge in [0.15, 0.2) is 6.73 Å². The van der Waals surface area contributed by atoms with Crippen LogP contribution in [-0.4, -0.2) is 44.8 Å². The highest BCUT2D eigenvalue weighted by Gasteiger charge is 2.04. The highest BCUT2D eigenvalue weighted by atomic mass is 35.5. The van der Waals surface area contributed by atoms with Crippen molar-refractivity contribution >= 4 is 17.6 Å². The van der Waals surface area contributed by atoms with Gasteiger partial charge in [-0.3, -0.25) is 0 Å². The predicted molar refractivity (Wildman–Crippen MR) is 81.5 cm³/mol. The van der Waals surface area contributed by atoms with Gasteiger partial charge in [-0.15, -0.1) is 0 Å². The van der Waals surface area contributed by atoms with Crippen molar-refractivity contribution in [1.82, 2.24) is 15.5 Å². The first kappa shape index (κ1) is 16.6. The number of likely N-dealkylation sites (N-methyl/N-ethyl adjacent to an activating group) is 1. The van der Waals surface area contributed by atoms with Crippen LogP contribution in [0.3, 0.4) is 0 Å². The van der Waals surface area contributed by atoms with Crippen LogP contribution in [-0.2, 0) is 0 Å². The fourth-order valence-corrected chi connectivity index (χ4v) is 1.74. The predicted octanol–water partition coefficient (Wildman–Crippen LogP) is 2.15. The van der Waals surface area contributed by atoms with Crippen molar-refractivity contribution in [3.05, 3.63) is 28.3 Å². The molecule has 0 fully saturated rings. The lowest BCUT2D eigenvalue weighted by Crippen LogP contribution is -2.40. The number of aryl methyl sites for hydroxylation is 2. The molecule has 0 bridgehead atoms. The molecule has 0 aliphatic rings. The van der Waals surface area contributed by atoms with E-state index in [-0.39, 0.29) is 12.8 Å². The van der Waals surface area contributed by atoms with Crippen molar-refractivity contribution in [2.24, 2.45) is 0 Å². The molecule has 0 saturated carbocycles. The molecular weight excluding hydrogens is 278 g/mol. The van der Waals surface area contributed by atoms with Crippen LogP contribution in [0.5, 0.6) is 5.75 Å². The summed E-state index contributed by atoms with van der Waals surface area (Å²) in [5.74, 6) is 0.693. The highest BCUT2D eigenvalue weighted by Crippen LogP contribution is 2.25. The van der Waals surface area contributed by atoms with Crippen molar-refractivity contribution in [1.29, 1.82) is 0 Å². The molecule has 0 aliphatic heterocycles. The number of urea groups is 1. The number of nitrogens with one attached hydrogen (secondary N) is 2. The van der Waals surface area contributed by atoms with Crippen LogP contribution in [0.1, 0.15) is 11.1 Å². The zero-order valence-corrected chi connectivity index (χ0v) is 13.2. The van der Waals surface area contributed by atoms with Crippen LogP contribution in [0, 0.1) is 13.8 Å². The molecule has 0 atom stereocenters. The normalized spacial score (nSPS) is 10.5. The van der Waals surface area contributed by atoms with E-state index in [1.807, 2.05) is 45.0 Å². The molecule has 20 heavy (non-hydrogen) atoms. The van der Waals surface area contributed by atoms with E-state index in [1.165, 1.54) is 0 Å². The molecule has 1 aromatic rings. The smallest absolute Gasteiger partial charge is 0.317 e. The van der Waals surface area contributed by atoms with Crippen molar-refractivity contribution in [2.75, 3.05) is 33.9 Å². The second-order valence-electron chi connectivity index (χ2n) is 4.90. The first-order valence-corrected chi connectivity index (χ1v) is 6.84. The van der Waals surface area contributed by atoms with E-state index in [4.69, 9.17) is 16.3 Å². The third-order valence-corrected chi connectivity index (χ3v) is 3.32. The monoisotopic (exact) mass is 299 g/mol. The van der Waals surface area contributed by atoms with E-state index < -0.39 is 0 Å². The lowest BCUT2D eigenvalue weighted by molar-refractivity contribution is 0.223. The van der Waals surface area contributed by atoms with Gasteiger partial charge in [-0.2, -0.15) is 0 Å². The number of hydrogen-bond donors (Lipinski definition) is 2. The number of amides is 2. The Morgan fingerprint density at radius 1 is 1.25 bits per heavy atom. The Balaban J connectivity index is 2.32.